The number of nitrogens with zero attached hydrogens (tertiary/aromatic N) is 2. The van der Waals surface area contributed by atoms with Crippen LogP contribution in [0.3, 0.4) is 0 Å². The highest BCUT2D eigenvalue weighted by molar-refractivity contribution is 5.82. The van der Waals surface area contributed by atoms with E-state index in [1.165, 1.54) is 19.3 Å². The summed E-state index contributed by atoms with van der Waals surface area (Å²) in [5, 5.41) is 3.28. The van der Waals surface area contributed by atoms with Crippen molar-refractivity contribution in [3.8, 4) is 0 Å². The fourth-order valence-electron chi connectivity index (χ4n) is 4.67. The Morgan fingerprint density at radius 2 is 2.38 bits per heavy atom. The molecule has 1 aromatic rings. The first-order chi connectivity index (χ1) is 11.7. The number of carbonyl (C=O) groups is 1. The molecule has 1 N–H and O–H groups in total. The molecule has 0 bridgehead atoms. The molecule has 2 aliphatic carbocycles. The maximum atomic E-state index is 12.8. The number of hydrogen-bond donors (Lipinski definition) is 1. The third kappa shape index (κ3) is 2.65. The van der Waals surface area contributed by atoms with Crippen LogP contribution in [-0.4, -0.2) is 46.9 Å². The normalized spacial score (nSPS) is 33.9. The van der Waals surface area contributed by atoms with E-state index in [-0.39, 0.29) is 29.4 Å². The molecule has 2 unspecified atom stereocenters. The Hall–Kier alpha value is -1.40. The number of ether oxygens (including phenoxy) is 2. The van der Waals surface area contributed by atoms with Crippen LogP contribution in [0, 0.1) is 11.3 Å². The number of hydrogen-bond acceptors (Lipinski definition) is 4. The Labute approximate surface area is 142 Å². The van der Waals surface area contributed by atoms with Crippen LogP contribution in [-0.2, 0) is 20.8 Å². The lowest BCUT2D eigenvalue weighted by Gasteiger charge is -2.61. The van der Waals surface area contributed by atoms with Gasteiger partial charge in [-0.1, -0.05) is 6.42 Å². The van der Waals surface area contributed by atoms with Crippen LogP contribution in [0.15, 0.2) is 18.7 Å². The first kappa shape index (κ1) is 16.1. The van der Waals surface area contributed by atoms with Crippen LogP contribution in [0.25, 0.3) is 0 Å². The number of rotatable bonds is 6. The molecule has 6 nitrogen and oxygen atoms in total. The van der Waals surface area contributed by atoms with Crippen molar-refractivity contribution in [2.75, 3.05) is 13.2 Å². The minimum Gasteiger partial charge on any atom is -0.378 e. The van der Waals surface area contributed by atoms with Crippen molar-refractivity contribution in [3.63, 3.8) is 0 Å². The predicted octanol–water partition coefficient (Wildman–Crippen LogP) is 1.75. The fourth-order valence-corrected chi connectivity index (χ4v) is 4.67. The lowest BCUT2D eigenvalue weighted by molar-refractivity contribution is -0.178. The number of nitrogens with one attached hydrogen (secondary N) is 1. The third-order valence-corrected chi connectivity index (χ3v) is 6.23. The molecule has 132 valence electrons. The largest absolute Gasteiger partial charge is 0.378 e. The van der Waals surface area contributed by atoms with Crippen LogP contribution in [0.1, 0.15) is 39.0 Å². The van der Waals surface area contributed by atoms with E-state index >= 15 is 0 Å². The molecule has 1 saturated heterocycles. The topological polar surface area (TPSA) is 65.4 Å². The van der Waals surface area contributed by atoms with Gasteiger partial charge in [0.05, 0.1) is 12.4 Å². The van der Waals surface area contributed by atoms with Crippen molar-refractivity contribution >= 4 is 5.91 Å². The average Bonchev–Trinajstić information content (AvgIpc) is 3.16. The molecule has 2 heterocycles. The van der Waals surface area contributed by atoms with Gasteiger partial charge in [-0.3, -0.25) is 4.79 Å². The van der Waals surface area contributed by atoms with Crippen LogP contribution in [0.4, 0.5) is 0 Å². The first-order valence-electron chi connectivity index (χ1n) is 9.22. The summed E-state index contributed by atoms with van der Waals surface area (Å²) >= 11 is 0. The summed E-state index contributed by atoms with van der Waals surface area (Å²) < 4.78 is 13.7. The highest BCUT2D eigenvalue weighted by atomic mass is 16.5. The second-order valence-electron chi connectivity index (χ2n) is 7.43. The molecule has 3 fully saturated rings. The minimum atomic E-state index is -0.337. The van der Waals surface area contributed by atoms with E-state index in [1.807, 2.05) is 17.7 Å². The zero-order valence-corrected chi connectivity index (χ0v) is 14.3. The Morgan fingerprint density at radius 3 is 3.04 bits per heavy atom. The van der Waals surface area contributed by atoms with Crippen molar-refractivity contribution in [2.24, 2.45) is 11.3 Å². The molecule has 4 atom stereocenters. The van der Waals surface area contributed by atoms with Crippen LogP contribution < -0.4 is 5.32 Å². The van der Waals surface area contributed by atoms with Crippen LogP contribution in [0.5, 0.6) is 0 Å². The Morgan fingerprint density at radius 1 is 1.50 bits per heavy atom. The van der Waals surface area contributed by atoms with E-state index in [0.29, 0.717) is 12.7 Å². The molecule has 1 aromatic heterocycles. The van der Waals surface area contributed by atoms with Crippen molar-refractivity contribution < 1.29 is 14.3 Å². The molecular formula is C18H27N3O3. The van der Waals surface area contributed by atoms with Crippen LogP contribution >= 0.6 is 0 Å². The number of aromatic nitrogens is 2. The summed E-state index contributed by atoms with van der Waals surface area (Å²) in [6.45, 7) is 4.25. The van der Waals surface area contributed by atoms with Gasteiger partial charge in [0.25, 0.3) is 0 Å². The monoisotopic (exact) mass is 333 g/mol. The highest BCUT2D eigenvalue weighted by Gasteiger charge is 2.59. The van der Waals surface area contributed by atoms with Gasteiger partial charge in [-0.2, -0.15) is 0 Å². The van der Waals surface area contributed by atoms with E-state index < -0.39 is 0 Å². The van der Waals surface area contributed by atoms with Crippen molar-refractivity contribution in [2.45, 2.75) is 63.8 Å². The Balaban J connectivity index is 1.36. The van der Waals surface area contributed by atoms with Gasteiger partial charge in [0.2, 0.25) is 5.91 Å². The predicted molar refractivity (Wildman–Crippen MR) is 88.3 cm³/mol. The average molecular weight is 333 g/mol. The molecule has 3 aliphatic rings. The van der Waals surface area contributed by atoms with E-state index in [9.17, 15) is 4.79 Å². The first-order valence-corrected chi connectivity index (χ1v) is 9.22. The number of amides is 1. The zero-order chi connectivity index (χ0) is 16.6. The summed E-state index contributed by atoms with van der Waals surface area (Å²) in [5.41, 5.74) is 0.199. The second-order valence-corrected chi connectivity index (χ2v) is 7.43. The lowest BCUT2D eigenvalue weighted by Crippen LogP contribution is -2.68. The molecule has 1 amide bonds. The second kappa shape index (κ2) is 6.48. The van der Waals surface area contributed by atoms with Gasteiger partial charge in [0, 0.05) is 49.5 Å². The number of imidazole rings is 1. The van der Waals surface area contributed by atoms with Crippen molar-refractivity contribution in [3.05, 3.63) is 18.7 Å². The van der Waals surface area contributed by atoms with E-state index in [1.54, 1.807) is 12.5 Å². The van der Waals surface area contributed by atoms with Crippen molar-refractivity contribution in [1.29, 1.82) is 0 Å². The van der Waals surface area contributed by atoms with Crippen LogP contribution in [0.2, 0.25) is 0 Å². The molecule has 0 radical (unpaired) electrons. The van der Waals surface area contributed by atoms with Crippen molar-refractivity contribution in [1.82, 2.24) is 14.9 Å². The summed E-state index contributed by atoms with van der Waals surface area (Å²) in [5.74, 6) is 0.281. The van der Waals surface area contributed by atoms with Gasteiger partial charge in [0.15, 0.2) is 0 Å². The molecule has 1 spiro atoms. The summed E-state index contributed by atoms with van der Waals surface area (Å²) in [4.78, 5) is 16.9. The van der Waals surface area contributed by atoms with Gasteiger partial charge < -0.3 is 19.4 Å². The van der Waals surface area contributed by atoms with Gasteiger partial charge in [-0.25, -0.2) is 4.98 Å². The molecule has 6 heteroatoms. The highest BCUT2D eigenvalue weighted by Crippen LogP contribution is 2.57. The maximum absolute atomic E-state index is 12.8. The van der Waals surface area contributed by atoms with E-state index in [0.717, 1.165) is 26.0 Å². The molecule has 1 aliphatic heterocycles. The summed E-state index contributed by atoms with van der Waals surface area (Å²) in [6, 6.07) is 0.258. The fraction of sp³-hybridized carbons (Fsp3) is 0.778. The maximum Gasteiger partial charge on any atom is 0.249 e. The summed E-state index contributed by atoms with van der Waals surface area (Å²) in [7, 11) is 0. The molecule has 0 aromatic carbocycles. The minimum absolute atomic E-state index is 0.0591. The molecule has 2 saturated carbocycles. The van der Waals surface area contributed by atoms with E-state index in [4.69, 9.17) is 9.47 Å². The van der Waals surface area contributed by atoms with E-state index in [2.05, 4.69) is 10.3 Å². The standard InChI is InChI=1S/C18H27N3O3/c1-2-23-15-10-14(18(15)5-3-6-18)20-17(22)16-13(4-9-24-16)11-21-8-7-19-12-21/h7-8,12-16H,2-6,9-11H2,1H3,(H,20,22)/t13-,14?,15?,16-/m1/s1. The third-order valence-electron chi connectivity index (χ3n) is 6.23. The SMILES string of the molecule is CCOC1CC(NC(=O)[C@@H]2OCC[C@@H]2Cn2ccnc2)C12CCC2. The van der Waals surface area contributed by atoms with Gasteiger partial charge >= 0.3 is 0 Å². The zero-order valence-electron chi connectivity index (χ0n) is 14.3. The Bertz CT molecular complexity index is 570. The smallest absolute Gasteiger partial charge is 0.249 e. The lowest BCUT2D eigenvalue weighted by atomic mass is 9.51. The molecule has 24 heavy (non-hydrogen) atoms. The van der Waals surface area contributed by atoms with Gasteiger partial charge in [-0.05, 0) is 32.6 Å². The molecular weight excluding hydrogens is 306 g/mol. The number of carbonyl (C=O) groups excluding carboxylic acids is 1. The quantitative estimate of drug-likeness (QED) is 0.861. The summed E-state index contributed by atoms with van der Waals surface area (Å²) in [6.07, 6.45) is 11.0. The van der Waals surface area contributed by atoms with Gasteiger partial charge in [-0.15, -0.1) is 0 Å². The molecule has 4 rings (SSSR count). The Kier molecular flexibility index (Phi) is 4.35. The van der Waals surface area contributed by atoms with Gasteiger partial charge in [0.1, 0.15) is 6.10 Å².